The summed E-state index contributed by atoms with van der Waals surface area (Å²) in [4.78, 5) is 34.4. The maximum absolute atomic E-state index is 12.5. The number of phosphoric acid groups is 1. The normalized spacial score (nSPS) is 13.6. The molecule has 0 spiro atoms. The van der Waals surface area contributed by atoms with Crippen LogP contribution in [0, 0.1) is 0 Å². The summed E-state index contributed by atoms with van der Waals surface area (Å²) in [5.41, 5.74) is 5.31. The molecule has 0 heterocycles. The predicted molar refractivity (Wildman–Crippen MR) is 201 cm³/mol. The molecular formula is C39H74NO8P. The van der Waals surface area contributed by atoms with Gasteiger partial charge in [-0.1, -0.05) is 147 Å². The minimum absolute atomic E-state index is 0.0541. The van der Waals surface area contributed by atoms with Crippen LogP contribution in [0.5, 0.6) is 0 Å². The Hall–Kier alpha value is -1.51. The number of unbranched alkanes of at least 4 members (excludes halogenated alkanes) is 20. The predicted octanol–water partition coefficient (Wildman–Crippen LogP) is 10.8. The van der Waals surface area contributed by atoms with E-state index in [2.05, 4.69) is 38.2 Å². The van der Waals surface area contributed by atoms with Gasteiger partial charge in [-0.3, -0.25) is 18.6 Å². The highest BCUT2D eigenvalue weighted by molar-refractivity contribution is 7.47. The van der Waals surface area contributed by atoms with Gasteiger partial charge in [-0.2, -0.15) is 0 Å². The molecule has 0 aliphatic heterocycles. The molecule has 288 valence electrons. The lowest BCUT2D eigenvalue weighted by Gasteiger charge is -2.19. The Kier molecular flexibility index (Phi) is 35.2. The molecule has 0 aromatic heterocycles. The zero-order chi connectivity index (χ0) is 36.1. The lowest BCUT2D eigenvalue weighted by molar-refractivity contribution is -0.161. The van der Waals surface area contributed by atoms with E-state index in [1.807, 2.05) is 0 Å². The van der Waals surface area contributed by atoms with Crippen LogP contribution < -0.4 is 5.73 Å². The first-order chi connectivity index (χ1) is 23.8. The average Bonchev–Trinajstić information content (AvgIpc) is 3.08. The summed E-state index contributed by atoms with van der Waals surface area (Å²) in [6.45, 7) is 3.62. The van der Waals surface area contributed by atoms with Crippen LogP contribution in [0.15, 0.2) is 24.3 Å². The minimum Gasteiger partial charge on any atom is -0.462 e. The van der Waals surface area contributed by atoms with Crippen molar-refractivity contribution in [2.24, 2.45) is 5.73 Å². The summed E-state index contributed by atoms with van der Waals surface area (Å²) in [5, 5.41) is 0. The Morgan fingerprint density at radius 1 is 0.612 bits per heavy atom. The molecule has 0 fully saturated rings. The highest BCUT2D eigenvalue weighted by atomic mass is 31.2. The summed E-state index contributed by atoms with van der Waals surface area (Å²) in [6.07, 6.45) is 36.9. The quantitative estimate of drug-likeness (QED) is 0.0279. The Bertz CT molecular complexity index is 866. The highest BCUT2D eigenvalue weighted by Gasteiger charge is 2.25. The van der Waals surface area contributed by atoms with Gasteiger partial charge in [0.25, 0.3) is 0 Å². The maximum Gasteiger partial charge on any atom is 0.472 e. The third kappa shape index (κ3) is 36.1. The molecule has 0 bridgehead atoms. The van der Waals surface area contributed by atoms with Crippen molar-refractivity contribution in [3.8, 4) is 0 Å². The second kappa shape index (κ2) is 36.3. The molecule has 10 heteroatoms. The van der Waals surface area contributed by atoms with E-state index >= 15 is 0 Å². The molecule has 0 aromatic carbocycles. The molecule has 0 aliphatic rings. The maximum atomic E-state index is 12.5. The van der Waals surface area contributed by atoms with E-state index in [1.165, 1.54) is 89.9 Å². The molecule has 2 unspecified atom stereocenters. The van der Waals surface area contributed by atoms with Crippen molar-refractivity contribution in [1.29, 1.82) is 0 Å². The molecule has 0 saturated heterocycles. The van der Waals surface area contributed by atoms with Gasteiger partial charge < -0.3 is 20.1 Å². The Labute approximate surface area is 300 Å². The number of ether oxygens (including phenoxy) is 2. The van der Waals surface area contributed by atoms with E-state index in [0.717, 1.165) is 57.8 Å². The average molecular weight is 716 g/mol. The molecule has 49 heavy (non-hydrogen) atoms. The second-order valence-electron chi connectivity index (χ2n) is 13.2. The number of nitrogens with two attached hydrogens (primary N) is 1. The molecule has 0 saturated carbocycles. The largest absolute Gasteiger partial charge is 0.472 e. The fourth-order valence-corrected chi connectivity index (χ4v) is 6.13. The molecule has 0 rings (SSSR count). The molecule has 0 amide bonds. The lowest BCUT2D eigenvalue weighted by Crippen LogP contribution is -2.29. The van der Waals surface area contributed by atoms with Crippen LogP contribution in [-0.4, -0.2) is 49.3 Å². The van der Waals surface area contributed by atoms with Crippen LogP contribution in [0.3, 0.4) is 0 Å². The number of phosphoric ester groups is 1. The topological polar surface area (TPSA) is 134 Å². The molecular weight excluding hydrogens is 641 g/mol. The first-order valence-corrected chi connectivity index (χ1v) is 21.3. The Morgan fingerprint density at radius 3 is 1.55 bits per heavy atom. The van der Waals surface area contributed by atoms with E-state index < -0.39 is 32.5 Å². The summed E-state index contributed by atoms with van der Waals surface area (Å²) < 4.78 is 32.4. The fourth-order valence-electron chi connectivity index (χ4n) is 5.37. The van der Waals surface area contributed by atoms with E-state index in [4.69, 9.17) is 24.3 Å². The fraction of sp³-hybridized carbons (Fsp3) is 0.846. The molecule has 2 atom stereocenters. The first-order valence-electron chi connectivity index (χ1n) is 19.8. The van der Waals surface area contributed by atoms with Crippen molar-refractivity contribution in [2.75, 3.05) is 26.4 Å². The molecule has 9 nitrogen and oxygen atoms in total. The lowest BCUT2D eigenvalue weighted by atomic mass is 10.0. The third-order valence-corrected chi connectivity index (χ3v) is 9.32. The van der Waals surface area contributed by atoms with Gasteiger partial charge in [-0.25, -0.2) is 4.57 Å². The van der Waals surface area contributed by atoms with Crippen molar-refractivity contribution >= 4 is 19.8 Å². The van der Waals surface area contributed by atoms with Gasteiger partial charge in [0, 0.05) is 19.4 Å². The van der Waals surface area contributed by atoms with Gasteiger partial charge in [-0.15, -0.1) is 0 Å². The Balaban J connectivity index is 3.96. The van der Waals surface area contributed by atoms with Crippen molar-refractivity contribution in [2.45, 2.75) is 187 Å². The van der Waals surface area contributed by atoms with Crippen LogP contribution in [-0.2, 0) is 32.7 Å². The zero-order valence-electron chi connectivity index (χ0n) is 31.4. The first kappa shape index (κ1) is 47.5. The van der Waals surface area contributed by atoms with Crippen LogP contribution in [0.25, 0.3) is 0 Å². The SMILES string of the molecule is CCCCCCC/C=C\C/C=C\CCCCCCCCCCCCCC(=O)OC(COC(=O)CCCCCCC)COP(=O)(O)OCCN. The van der Waals surface area contributed by atoms with Crippen LogP contribution >= 0.6 is 7.82 Å². The van der Waals surface area contributed by atoms with Crippen molar-refractivity contribution in [1.82, 2.24) is 0 Å². The molecule has 0 aliphatic carbocycles. The molecule has 0 radical (unpaired) electrons. The number of carbonyl (C=O) groups is 2. The number of carbonyl (C=O) groups excluding carboxylic acids is 2. The van der Waals surface area contributed by atoms with E-state index in [-0.39, 0.29) is 32.6 Å². The second-order valence-corrected chi connectivity index (χ2v) is 14.6. The van der Waals surface area contributed by atoms with Gasteiger partial charge in [0.15, 0.2) is 6.10 Å². The standard InChI is InChI=1S/C39H74NO8P/c1-3-5-7-9-10-11-12-13-14-15-16-17-18-19-20-21-22-23-24-25-26-28-30-32-39(42)48-37(36-47-49(43,44)46-34-33-40)35-45-38(41)31-29-27-8-6-4-2/h12-13,15-16,37H,3-11,14,17-36,40H2,1-2H3,(H,43,44)/b13-12-,16-15-. The van der Waals surface area contributed by atoms with E-state index in [1.54, 1.807) is 0 Å². The van der Waals surface area contributed by atoms with Crippen molar-refractivity contribution < 1.29 is 37.6 Å². The van der Waals surface area contributed by atoms with Gasteiger partial charge in [0.2, 0.25) is 0 Å². The molecule has 0 aromatic rings. The summed E-state index contributed by atoms with van der Waals surface area (Å²) in [7, 11) is -4.36. The summed E-state index contributed by atoms with van der Waals surface area (Å²) in [5.74, 6) is -0.843. The van der Waals surface area contributed by atoms with Gasteiger partial charge in [-0.05, 0) is 44.9 Å². The zero-order valence-corrected chi connectivity index (χ0v) is 32.3. The number of allylic oxidation sites excluding steroid dienone is 4. The number of esters is 2. The van der Waals surface area contributed by atoms with E-state index in [9.17, 15) is 19.0 Å². The van der Waals surface area contributed by atoms with Crippen LogP contribution in [0.1, 0.15) is 181 Å². The highest BCUT2D eigenvalue weighted by Crippen LogP contribution is 2.43. The number of rotatable bonds is 37. The Morgan fingerprint density at radius 2 is 1.06 bits per heavy atom. The summed E-state index contributed by atoms with van der Waals surface area (Å²) in [6, 6.07) is 0. The van der Waals surface area contributed by atoms with Crippen LogP contribution in [0.4, 0.5) is 0 Å². The molecule has 3 N–H and O–H groups in total. The van der Waals surface area contributed by atoms with Gasteiger partial charge in [0.1, 0.15) is 6.61 Å². The number of hydrogen-bond acceptors (Lipinski definition) is 8. The third-order valence-electron chi connectivity index (χ3n) is 8.34. The van der Waals surface area contributed by atoms with Crippen molar-refractivity contribution in [3.05, 3.63) is 24.3 Å². The van der Waals surface area contributed by atoms with Crippen LogP contribution in [0.2, 0.25) is 0 Å². The summed E-state index contributed by atoms with van der Waals surface area (Å²) >= 11 is 0. The van der Waals surface area contributed by atoms with Gasteiger partial charge >= 0.3 is 19.8 Å². The van der Waals surface area contributed by atoms with E-state index in [0.29, 0.717) is 6.42 Å². The smallest absolute Gasteiger partial charge is 0.462 e. The minimum atomic E-state index is -4.36. The van der Waals surface area contributed by atoms with Gasteiger partial charge in [0.05, 0.1) is 13.2 Å². The number of hydrogen-bond donors (Lipinski definition) is 2. The van der Waals surface area contributed by atoms with Crippen molar-refractivity contribution in [3.63, 3.8) is 0 Å². The monoisotopic (exact) mass is 716 g/mol.